The predicted molar refractivity (Wildman–Crippen MR) is 118 cm³/mol. The highest BCUT2D eigenvalue weighted by Crippen LogP contribution is 2.45. The molecular formula is C25H20F3N3O4. The van der Waals surface area contributed by atoms with E-state index in [2.05, 4.69) is 0 Å². The number of aliphatic carboxylic acids is 1. The Hall–Kier alpha value is -4.13. The molecule has 4 rings (SSSR count). The summed E-state index contributed by atoms with van der Waals surface area (Å²) in [5, 5.41) is 18.9. The normalized spacial score (nSPS) is 19.3. The molecule has 7 nitrogen and oxygen atoms in total. The van der Waals surface area contributed by atoms with Gasteiger partial charge in [-0.2, -0.15) is 18.4 Å². The monoisotopic (exact) mass is 483 g/mol. The third-order valence-electron chi connectivity index (χ3n) is 6.22. The molecule has 0 radical (unpaired) electrons. The fraction of sp³-hybridized carbons (Fsp3) is 0.280. The molecule has 0 bridgehead atoms. The Morgan fingerprint density at radius 1 is 1.14 bits per heavy atom. The number of hydrogen-bond acceptors (Lipinski definition) is 4. The molecule has 2 aromatic carbocycles. The summed E-state index contributed by atoms with van der Waals surface area (Å²) in [6.07, 6.45) is -3.85. The molecule has 0 spiro atoms. The summed E-state index contributed by atoms with van der Waals surface area (Å²) in [6, 6.07) is 8.92. The minimum absolute atomic E-state index is 0.104. The first-order valence-electron chi connectivity index (χ1n) is 10.8. The summed E-state index contributed by atoms with van der Waals surface area (Å²) >= 11 is 0. The quantitative estimate of drug-likeness (QED) is 0.657. The number of hydrogen-bond donors (Lipinski definition) is 1. The number of ketones is 1. The van der Waals surface area contributed by atoms with Crippen LogP contribution in [0.4, 0.5) is 23.7 Å². The van der Waals surface area contributed by atoms with Crippen LogP contribution in [0.2, 0.25) is 0 Å². The molecule has 2 atom stereocenters. The number of benzene rings is 2. The second-order valence-corrected chi connectivity index (χ2v) is 8.36. The van der Waals surface area contributed by atoms with Crippen LogP contribution >= 0.6 is 0 Å². The highest BCUT2D eigenvalue weighted by molar-refractivity contribution is 6.07. The number of carboxylic acids is 1. The summed E-state index contributed by atoms with van der Waals surface area (Å²) in [5.41, 5.74) is 0.118. The highest BCUT2D eigenvalue weighted by atomic mass is 19.4. The van der Waals surface area contributed by atoms with Crippen molar-refractivity contribution in [1.82, 2.24) is 4.90 Å². The number of nitrogens with zero attached hydrogens (tertiary/aromatic N) is 3. The van der Waals surface area contributed by atoms with Crippen LogP contribution in [0.5, 0.6) is 0 Å². The van der Waals surface area contributed by atoms with Crippen LogP contribution < -0.4 is 4.90 Å². The molecule has 10 heteroatoms. The number of urea groups is 1. The van der Waals surface area contributed by atoms with Crippen molar-refractivity contribution in [2.75, 3.05) is 4.90 Å². The molecule has 2 amide bonds. The van der Waals surface area contributed by atoms with Gasteiger partial charge in [-0.1, -0.05) is 18.2 Å². The van der Waals surface area contributed by atoms with Crippen LogP contribution in [-0.2, 0) is 15.8 Å². The summed E-state index contributed by atoms with van der Waals surface area (Å²) in [7, 11) is 0. The Labute approximate surface area is 198 Å². The van der Waals surface area contributed by atoms with E-state index in [4.69, 9.17) is 5.26 Å². The number of alkyl halides is 3. The number of halogens is 3. The zero-order valence-corrected chi connectivity index (χ0v) is 18.5. The second-order valence-electron chi connectivity index (χ2n) is 8.36. The maximum absolute atomic E-state index is 13.8. The van der Waals surface area contributed by atoms with E-state index in [1.165, 1.54) is 25.1 Å². The molecule has 0 saturated heterocycles. The number of carboxylic acid groups (broad SMARTS) is 1. The number of amides is 2. The molecule has 0 aromatic heterocycles. The number of carbonyl (C=O) groups excluding carboxylic acids is 2. The van der Waals surface area contributed by atoms with Gasteiger partial charge in [-0.05, 0) is 55.7 Å². The standard InChI is InChI=1S/C25H20F3N3O4/c1-14(23(33)34)30-22(16-10-8-15(13-29)9-11-16)21-19(6-3-7-20(21)32)31(24(30)35)18-5-2-4-17(12-18)25(26,27)28/h2,4-5,8-12,14,22H,3,6-7H2,1H3,(H,33,34)/t14-,22?/m0/s1. The molecule has 35 heavy (non-hydrogen) atoms. The topological polar surface area (TPSA) is 102 Å². The van der Waals surface area contributed by atoms with Crippen molar-refractivity contribution in [2.24, 2.45) is 0 Å². The van der Waals surface area contributed by atoms with Crippen LogP contribution in [-0.4, -0.2) is 33.8 Å². The number of allylic oxidation sites excluding steroid dienone is 1. The lowest BCUT2D eigenvalue weighted by molar-refractivity contribution is -0.142. The van der Waals surface area contributed by atoms with Crippen LogP contribution in [0.3, 0.4) is 0 Å². The van der Waals surface area contributed by atoms with Crippen molar-refractivity contribution in [2.45, 2.75) is 44.4 Å². The van der Waals surface area contributed by atoms with E-state index in [0.717, 1.165) is 28.0 Å². The Balaban J connectivity index is 1.97. The summed E-state index contributed by atoms with van der Waals surface area (Å²) in [6.45, 7) is 1.28. The van der Waals surface area contributed by atoms with E-state index in [1.807, 2.05) is 6.07 Å². The Morgan fingerprint density at radius 2 is 1.83 bits per heavy atom. The maximum atomic E-state index is 13.8. The third kappa shape index (κ3) is 4.25. The molecule has 1 unspecified atom stereocenters. The van der Waals surface area contributed by atoms with Crippen molar-refractivity contribution in [1.29, 1.82) is 5.26 Å². The lowest BCUT2D eigenvalue weighted by Gasteiger charge is -2.46. The van der Waals surface area contributed by atoms with E-state index in [1.54, 1.807) is 12.1 Å². The lowest BCUT2D eigenvalue weighted by atomic mass is 9.82. The van der Waals surface area contributed by atoms with Crippen molar-refractivity contribution in [3.8, 4) is 6.07 Å². The van der Waals surface area contributed by atoms with Gasteiger partial charge in [0.15, 0.2) is 5.78 Å². The largest absolute Gasteiger partial charge is 0.480 e. The maximum Gasteiger partial charge on any atom is 0.416 e. The van der Waals surface area contributed by atoms with Crippen molar-refractivity contribution in [3.05, 3.63) is 76.5 Å². The smallest absolute Gasteiger partial charge is 0.416 e. The van der Waals surface area contributed by atoms with Crippen molar-refractivity contribution < 1.29 is 32.7 Å². The lowest BCUT2D eigenvalue weighted by Crippen LogP contribution is -2.56. The number of anilines is 1. The van der Waals surface area contributed by atoms with Gasteiger partial charge in [-0.15, -0.1) is 0 Å². The first-order chi connectivity index (χ1) is 16.5. The van der Waals surface area contributed by atoms with Crippen LogP contribution in [0.15, 0.2) is 59.8 Å². The zero-order chi connectivity index (χ0) is 25.5. The van der Waals surface area contributed by atoms with E-state index >= 15 is 0 Å². The summed E-state index contributed by atoms with van der Waals surface area (Å²) < 4.78 is 40.2. The number of carbonyl (C=O) groups is 3. The minimum Gasteiger partial charge on any atom is -0.480 e. The van der Waals surface area contributed by atoms with Gasteiger partial charge < -0.3 is 5.11 Å². The third-order valence-corrected chi connectivity index (χ3v) is 6.22. The first-order valence-corrected chi connectivity index (χ1v) is 10.8. The van der Waals surface area contributed by atoms with Crippen molar-refractivity contribution in [3.63, 3.8) is 0 Å². The van der Waals surface area contributed by atoms with E-state index in [0.29, 0.717) is 17.5 Å². The highest BCUT2D eigenvalue weighted by Gasteiger charge is 2.47. The molecule has 2 aliphatic rings. The Bertz CT molecular complexity index is 1280. The summed E-state index contributed by atoms with van der Waals surface area (Å²) in [4.78, 5) is 41.0. The fourth-order valence-corrected chi connectivity index (χ4v) is 4.53. The van der Waals surface area contributed by atoms with Gasteiger partial charge >= 0.3 is 18.2 Å². The predicted octanol–water partition coefficient (Wildman–Crippen LogP) is 5.04. The average molecular weight is 483 g/mol. The Kier molecular flexibility index (Phi) is 6.11. The minimum atomic E-state index is -4.66. The van der Waals surface area contributed by atoms with E-state index in [9.17, 15) is 32.7 Å². The molecule has 0 saturated carbocycles. The van der Waals surface area contributed by atoms with Crippen LogP contribution in [0.25, 0.3) is 0 Å². The van der Waals surface area contributed by atoms with Crippen molar-refractivity contribution >= 4 is 23.5 Å². The van der Waals surface area contributed by atoms with E-state index < -0.39 is 35.8 Å². The Morgan fingerprint density at radius 3 is 2.43 bits per heavy atom. The summed E-state index contributed by atoms with van der Waals surface area (Å²) in [5.74, 6) is -1.65. The van der Waals surface area contributed by atoms with Crippen LogP contribution in [0.1, 0.15) is 48.9 Å². The van der Waals surface area contributed by atoms with Gasteiger partial charge in [-0.3, -0.25) is 14.6 Å². The van der Waals surface area contributed by atoms with Crippen LogP contribution in [0, 0.1) is 11.3 Å². The molecule has 1 aliphatic carbocycles. The van der Waals surface area contributed by atoms with E-state index in [-0.39, 0.29) is 35.6 Å². The number of Topliss-reactive ketones (excluding diaryl/α,β-unsaturated/α-hetero) is 1. The number of rotatable bonds is 4. The molecule has 1 heterocycles. The molecule has 180 valence electrons. The van der Waals surface area contributed by atoms with Gasteiger partial charge in [-0.25, -0.2) is 9.59 Å². The first kappa shape index (κ1) is 24.0. The zero-order valence-electron chi connectivity index (χ0n) is 18.5. The average Bonchev–Trinajstić information content (AvgIpc) is 2.82. The van der Waals surface area contributed by atoms with Gasteiger partial charge in [0.25, 0.3) is 0 Å². The molecule has 1 aliphatic heterocycles. The SMILES string of the molecule is C[C@@H](C(=O)O)N1C(=O)N(c2cccc(C(F)(F)F)c2)C2=C(C(=O)CCC2)C1c1ccc(C#N)cc1. The molecule has 0 fully saturated rings. The van der Waals surface area contributed by atoms with Gasteiger partial charge in [0, 0.05) is 17.7 Å². The van der Waals surface area contributed by atoms with Gasteiger partial charge in [0.05, 0.1) is 28.9 Å². The molecule has 2 aromatic rings. The van der Waals surface area contributed by atoms with Gasteiger partial charge in [0.2, 0.25) is 0 Å². The molecule has 1 N–H and O–H groups in total. The van der Waals surface area contributed by atoms with Gasteiger partial charge in [0.1, 0.15) is 6.04 Å². The fourth-order valence-electron chi connectivity index (χ4n) is 4.53. The number of nitriles is 1. The molecular weight excluding hydrogens is 463 g/mol. The second kappa shape index (κ2) is 8.91.